The molecule has 14 heavy (non-hydrogen) atoms. The quantitative estimate of drug-likeness (QED) is 0.568. The summed E-state index contributed by atoms with van der Waals surface area (Å²) in [6.45, 7) is 2.09. The molecule has 0 bridgehead atoms. The lowest BCUT2D eigenvalue weighted by atomic mass is 10.2. The maximum absolute atomic E-state index is 11.3. The van der Waals surface area contributed by atoms with Gasteiger partial charge in [-0.1, -0.05) is 0 Å². The number of phenols is 1. The molecule has 0 heterocycles. The third kappa shape index (κ3) is 2.16. The predicted molar refractivity (Wildman–Crippen MR) is 53.6 cm³/mol. The van der Waals surface area contributed by atoms with E-state index in [1.165, 1.54) is 12.1 Å². The molecule has 0 unspecified atom stereocenters. The predicted octanol–water partition coefficient (Wildman–Crippen LogP) is 1.61. The highest BCUT2D eigenvalue weighted by Gasteiger charge is 2.08. The first-order chi connectivity index (χ1) is 6.69. The van der Waals surface area contributed by atoms with Gasteiger partial charge < -0.3 is 15.2 Å². The fourth-order valence-corrected chi connectivity index (χ4v) is 1.08. The second-order valence-corrected chi connectivity index (χ2v) is 2.70. The molecule has 1 aromatic carbocycles. The molecule has 1 aromatic rings. The molecule has 0 aliphatic carbocycles. The monoisotopic (exact) mass is 195 g/mol. The number of rotatable bonds is 3. The van der Waals surface area contributed by atoms with Crippen LogP contribution in [0, 0.1) is 0 Å². The Morgan fingerprint density at radius 1 is 1.57 bits per heavy atom. The number of esters is 1. The second kappa shape index (κ2) is 4.50. The lowest BCUT2D eigenvalue weighted by molar-refractivity contribution is 0.0526. The summed E-state index contributed by atoms with van der Waals surface area (Å²) in [6, 6.07) is 4.53. The van der Waals surface area contributed by atoms with Gasteiger partial charge in [0, 0.05) is 7.05 Å². The normalized spacial score (nSPS) is 9.57. The zero-order valence-corrected chi connectivity index (χ0v) is 8.20. The number of ether oxygens (including phenoxy) is 1. The molecule has 0 saturated heterocycles. The topological polar surface area (TPSA) is 58.6 Å². The van der Waals surface area contributed by atoms with Crippen molar-refractivity contribution in [1.82, 2.24) is 0 Å². The Labute approximate surface area is 82.5 Å². The third-order valence-corrected chi connectivity index (χ3v) is 1.78. The van der Waals surface area contributed by atoms with E-state index in [1.54, 1.807) is 20.0 Å². The Morgan fingerprint density at radius 2 is 2.29 bits per heavy atom. The van der Waals surface area contributed by atoms with Crippen molar-refractivity contribution in [3.05, 3.63) is 23.8 Å². The summed E-state index contributed by atoms with van der Waals surface area (Å²) in [7, 11) is 1.67. The number of hydrogen-bond acceptors (Lipinski definition) is 4. The summed E-state index contributed by atoms with van der Waals surface area (Å²) in [6.07, 6.45) is 0. The van der Waals surface area contributed by atoms with E-state index in [2.05, 4.69) is 5.32 Å². The van der Waals surface area contributed by atoms with Gasteiger partial charge in [-0.25, -0.2) is 4.79 Å². The zero-order chi connectivity index (χ0) is 10.6. The fraction of sp³-hybridized carbons (Fsp3) is 0.300. The molecule has 4 heteroatoms. The number of hydrogen-bond donors (Lipinski definition) is 2. The van der Waals surface area contributed by atoms with Crippen LogP contribution in [0.2, 0.25) is 0 Å². The van der Waals surface area contributed by atoms with E-state index < -0.39 is 0 Å². The number of benzene rings is 1. The van der Waals surface area contributed by atoms with Gasteiger partial charge in [0.25, 0.3) is 0 Å². The molecule has 0 saturated carbocycles. The van der Waals surface area contributed by atoms with Crippen molar-refractivity contribution < 1.29 is 14.6 Å². The Bertz CT molecular complexity index is 336. The van der Waals surface area contributed by atoms with E-state index in [-0.39, 0.29) is 11.7 Å². The highest BCUT2D eigenvalue weighted by atomic mass is 16.5. The number of nitrogens with one attached hydrogen (secondary N) is 1. The third-order valence-electron chi connectivity index (χ3n) is 1.78. The van der Waals surface area contributed by atoms with E-state index in [9.17, 15) is 9.90 Å². The van der Waals surface area contributed by atoms with Crippen molar-refractivity contribution in [3.63, 3.8) is 0 Å². The molecular weight excluding hydrogens is 182 g/mol. The summed E-state index contributed by atoms with van der Waals surface area (Å²) in [5.41, 5.74) is 0.935. The minimum absolute atomic E-state index is 0.112. The van der Waals surface area contributed by atoms with Crippen molar-refractivity contribution in [2.75, 3.05) is 19.0 Å². The Hall–Kier alpha value is -1.71. The van der Waals surface area contributed by atoms with Gasteiger partial charge in [0.2, 0.25) is 0 Å². The Morgan fingerprint density at radius 3 is 2.86 bits per heavy atom. The lowest BCUT2D eigenvalue weighted by Crippen LogP contribution is -2.05. The first-order valence-electron chi connectivity index (χ1n) is 4.37. The first kappa shape index (κ1) is 10.4. The van der Waals surface area contributed by atoms with Gasteiger partial charge in [-0.3, -0.25) is 0 Å². The summed E-state index contributed by atoms with van der Waals surface area (Å²) < 4.78 is 4.82. The van der Waals surface area contributed by atoms with Crippen molar-refractivity contribution in [2.24, 2.45) is 0 Å². The van der Waals surface area contributed by atoms with Gasteiger partial charge >= 0.3 is 5.97 Å². The van der Waals surface area contributed by atoms with Crippen LogP contribution in [0.1, 0.15) is 17.3 Å². The standard InChI is InChI=1S/C10H13NO3/c1-3-14-10(13)7-4-5-9(12)8(6-7)11-2/h4-6,11-12H,3H2,1-2H3. The molecule has 0 aromatic heterocycles. The molecule has 0 spiro atoms. The minimum Gasteiger partial charge on any atom is -0.506 e. The van der Waals surface area contributed by atoms with Gasteiger partial charge in [0.05, 0.1) is 17.9 Å². The van der Waals surface area contributed by atoms with Gasteiger partial charge in [0.15, 0.2) is 0 Å². The number of anilines is 1. The molecule has 0 amide bonds. The summed E-state index contributed by atoms with van der Waals surface area (Å²) in [4.78, 5) is 11.3. The van der Waals surface area contributed by atoms with Crippen LogP contribution in [0.25, 0.3) is 0 Å². The molecular formula is C10H13NO3. The minimum atomic E-state index is -0.385. The Balaban J connectivity index is 2.94. The van der Waals surface area contributed by atoms with Crippen LogP contribution >= 0.6 is 0 Å². The van der Waals surface area contributed by atoms with Gasteiger partial charge in [0.1, 0.15) is 5.75 Å². The average Bonchev–Trinajstić information content (AvgIpc) is 2.19. The highest BCUT2D eigenvalue weighted by molar-refractivity contribution is 5.91. The maximum Gasteiger partial charge on any atom is 0.338 e. The number of aromatic hydroxyl groups is 1. The largest absolute Gasteiger partial charge is 0.506 e. The van der Waals surface area contributed by atoms with E-state index in [4.69, 9.17) is 4.74 Å². The van der Waals surface area contributed by atoms with Crippen LogP contribution in [0.15, 0.2) is 18.2 Å². The Kier molecular flexibility index (Phi) is 3.34. The van der Waals surface area contributed by atoms with Crippen molar-refractivity contribution in [1.29, 1.82) is 0 Å². The van der Waals surface area contributed by atoms with Crippen LogP contribution in [-0.4, -0.2) is 24.7 Å². The summed E-state index contributed by atoms with van der Waals surface area (Å²) in [5, 5.41) is 12.1. The smallest absolute Gasteiger partial charge is 0.338 e. The van der Waals surface area contributed by atoms with Crippen LogP contribution in [0.3, 0.4) is 0 Å². The summed E-state index contributed by atoms with van der Waals surface area (Å²) >= 11 is 0. The zero-order valence-electron chi connectivity index (χ0n) is 8.20. The second-order valence-electron chi connectivity index (χ2n) is 2.70. The number of carbonyl (C=O) groups excluding carboxylic acids is 1. The van der Waals surface area contributed by atoms with E-state index in [0.717, 1.165) is 0 Å². The maximum atomic E-state index is 11.3. The molecule has 2 N–H and O–H groups in total. The molecule has 76 valence electrons. The van der Waals surface area contributed by atoms with Crippen molar-refractivity contribution in [2.45, 2.75) is 6.92 Å². The molecule has 0 radical (unpaired) electrons. The molecule has 4 nitrogen and oxygen atoms in total. The van der Waals surface area contributed by atoms with Gasteiger partial charge in [-0.2, -0.15) is 0 Å². The fourth-order valence-electron chi connectivity index (χ4n) is 1.08. The number of carbonyl (C=O) groups is 1. The molecule has 0 aliphatic heterocycles. The van der Waals surface area contributed by atoms with Crippen LogP contribution in [-0.2, 0) is 4.74 Å². The van der Waals surface area contributed by atoms with Crippen LogP contribution < -0.4 is 5.32 Å². The van der Waals surface area contributed by atoms with Gasteiger partial charge in [-0.15, -0.1) is 0 Å². The molecule has 0 aliphatic rings. The first-order valence-corrected chi connectivity index (χ1v) is 4.37. The SMILES string of the molecule is CCOC(=O)c1ccc(O)c(NC)c1. The molecule has 0 atom stereocenters. The summed E-state index contributed by atoms with van der Waals surface area (Å²) in [5.74, 6) is -0.274. The molecule has 0 fully saturated rings. The van der Waals surface area contributed by atoms with E-state index in [0.29, 0.717) is 17.9 Å². The van der Waals surface area contributed by atoms with Crippen LogP contribution in [0.4, 0.5) is 5.69 Å². The molecule has 1 rings (SSSR count). The average molecular weight is 195 g/mol. The van der Waals surface area contributed by atoms with Crippen molar-refractivity contribution >= 4 is 11.7 Å². The van der Waals surface area contributed by atoms with Crippen LogP contribution in [0.5, 0.6) is 5.75 Å². The van der Waals surface area contributed by atoms with E-state index >= 15 is 0 Å². The lowest BCUT2D eigenvalue weighted by Gasteiger charge is -2.06. The number of phenolic OH excluding ortho intramolecular Hbond substituents is 1. The highest BCUT2D eigenvalue weighted by Crippen LogP contribution is 2.23. The van der Waals surface area contributed by atoms with Gasteiger partial charge in [-0.05, 0) is 25.1 Å². The van der Waals surface area contributed by atoms with E-state index in [1.807, 2.05) is 0 Å². The van der Waals surface area contributed by atoms with Crippen molar-refractivity contribution in [3.8, 4) is 5.75 Å².